The van der Waals surface area contributed by atoms with Gasteiger partial charge in [-0.1, -0.05) is 6.07 Å². The van der Waals surface area contributed by atoms with Crippen molar-refractivity contribution in [2.24, 2.45) is 5.92 Å². The third-order valence-corrected chi connectivity index (χ3v) is 7.59. The zero-order chi connectivity index (χ0) is 21.7. The summed E-state index contributed by atoms with van der Waals surface area (Å²) in [6.07, 6.45) is 5.63. The van der Waals surface area contributed by atoms with Gasteiger partial charge in [-0.05, 0) is 80.0 Å². The van der Waals surface area contributed by atoms with Crippen molar-refractivity contribution in [3.8, 4) is 5.75 Å². The Morgan fingerprint density at radius 2 is 2.06 bits per heavy atom. The molecule has 168 valence electrons. The second-order valence-electron chi connectivity index (χ2n) is 9.82. The van der Waals surface area contributed by atoms with E-state index in [-0.39, 0.29) is 11.7 Å². The fraction of sp³-hybridized carbons (Fsp3) is 0.500. The first-order chi connectivity index (χ1) is 15.7. The molecule has 1 fully saturated rings. The molecule has 6 heteroatoms. The maximum Gasteiger partial charge on any atom is 0.252 e. The highest BCUT2D eigenvalue weighted by molar-refractivity contribution is 6.00. The van der Waals surface area contributed by atoms with Gasteiger partial charge in [-0.2, -0.15) is 0 Å². The SMILES string of the molecule is O=C1NCc2ccc3c(c21)CC(N(CCCC1CNc2ccc(F)cc21)CC1CC1)CO3. The normalized spacial score (nSPS) is 23.2. The van der Waals surface area contributed by atoms with Crippen molar-refractivity contribution in [2.45, 2.75) is 50.6 Å². The summed E-state index contributed by atoms with van der Waals surface area (Å²) in [6.45, 7) is 4.32. The molecule has 3 heterocycles. The van der Waals surface area contributed by atoms with Gasteiger partial charge in [0.25, 0.3) is 5.91 Å². The van der Waals surface area contributed by atoms with Gasteiger partial charge in [0.15, 0.2) is 0 Å². The van der Waals surface area contributed by atoms with E-state index >= 15 is 0 Å². The Kier molecular flexibility index (Phi) is 5.05. The van der Waals surface area contributed by atoms with E-state index in [1.165, 1.54) is 18.9 Å². The van der Waals surface area contributed by atoms with Crippen LogP contribution in [0.5, 0.6) is 5.75 Å². The number of nitrogens with zero attached hydrogens (tertiary/aromatic N) is 1. The minimum atomic E-state index is -0.151. The molecule has 2 unspecified atom stereocenters. The zero-order valence-electron chi connectivity index (χ0n) is 18.3. The van der Waals surface area contributed by atoms with E-state index in [1.54, 1.807) is 6.07 Å². The molecule has 0 radical (unpaired) electrons. The third kappa shape index (κ3) is 3.75. The first kappa shape index (κ1) is 20.0. The Bertz CT molecular complexity index is 1050. The summed E-state index contributed by atoms with van der Waals surface area (Å²) in [5, 5.41) is 6.38. The molecule has 3 aliphatic heterocycles. The molecule has 0 saturated heterocycles. The summed E-state index contributed by atoms with van der Waals surface area (Å²) in [6, 6.07) is 9.43. The van der Waals surface area contributed by atoms with Crippen LogP contribution >= 0.6 is 0 Å². The number of hydrogen-bond acceptors (Lipinski definition) is 4. The number of anilines is 1. The van der Waals surface area contributed by atoms with Gasteiger partial charge in [0.1, 0.15) is 18.2 Å². The van der Waals surface area contributed by atoms with Gasteiger partial charge in [0.2, 0.25) is 0 Å². The second kappa shape index (κ2) is 8.07. The topological polar surface area (TPSA) is 53.6 Å². The van der Waals surface area contributed by atoms with Crippen LogP contribution in [0.2, 0.25) is 0 Å². The summed E-state index contributed by atoms with van der Waals surface area (Å²) in [7, 11) is 0. The zero-order valence-corrected chi connectivity index (χ0v) is 18.3. The number of hydrogen-bond donors (Lipinski definition) is 2. The van der Waals surface area contributed by atoms with Crippen LogP contribution in [0.3, 0.4) is 0 Å². The van der Waals surface area contributed by atoms with Crippen molar-refractivity contribution in [3.05, 3.63) is 58.4 Å². The minimum Gasteiger partial charge on any atom is -0.492 e. The van der Waals surface area contributed by atoms with Crippen LogP contribution in [-0.4, -0.2) is 43.1 Å². The van der Waals surface area contributed by atoms with Gasteiger partial charge < -0.3 is 15.4 Å². The number of amides is 1. The number of rotatable bonds is 7. The molecule has 6 rings (SSSR count). The molecule has 2 atom stereocenters. The molecular weight excluding hydrogens is 405 g/mol. The highest BCUT2D eigenvalue weighted by Crippen LogP contribution is 2.37. The van der Waals surface area contributed by atoms with Gasteiger partial charge in [-0.25, -0.2) is 4.39 Å². The molecule has 0 bridgehead atoms. The van der Waals surface area contributed by atoms with Crippen LogP contribution in [0.25, 0.3) is 0 Å². The molecule has 4 aliphatic rings. The minimum absolute atomic E-state index is 0.0365. The van der Waals surface area contributed by atoms with E-state index in [0.29, 0.717) is 25.1 Å². The van der Waals surface area contributed by atoms with E-state index in [4.69, 9.17) is 4.74 Å². The molecule has 0 spiro atoms. The Hall–Kier alpha value is -2.60. The summed E-state index contributed by atoms with van der Waals surface area (Å²) in [4.78, 5) is 15.0. The van der Waals surface area contributed by atoms with Crippen LogP contribution < -0.4 is 15.4 Å². The van der Waals surface area contributed by atoms with Crippen molar-refractivity contribution in [2.75, 3.05) is 31.6 Å². The Balaban J connectivity index is 1.14. The van der Waals surface area contributed by atoms with E-state index in [0.717, 1.165) is 78.5 Å². The second-order valence-corrected chi connectivity index (χ2v) is 9.82. The Labute approximate surface area is 188 Å². The van der Waals surface area contributed by atoms with Gasteiger partial charge in [-0.15, -0.1) is 0 Å². The quantitative estimate of drug-likeness (QED) is 0.688. The molecule has 32 heavy (non-hydrogen) atoms. The third-order valence-electron chi connectivity index (χ3n) is 7.59. The number of carbonyl (C=O) groups excluding carboxylic acids is 1. The molecule has 1 amide bonds. The summed E-state index contributed by atoms with van der Waals surface area (Å²) >= 11 is 0. The van der Waals surface area contributed by atoms with E-state index in [2.05, 4.69) is 15.5 Å². The van der Waals surface area contributed by atoms with Crippen LogP contribution in [0.1, 0.15) is 58.6 Å². The lowest BCUT2D eigenvalue weighted by molar-refractivity contribution is 0.0953. The number of carbonyl (C=O) groups is 1. The average Bonchev–Trinajstić information content (AvgIpc) is 3.42. The summed E-state index contributed by atoms with van der Waals surface area (Å²) in [5.74, 6) is 1.93. The average molecular weight is 436 g/mol. The summed E-state index contributed by atoms with van der Waals surface area (Å²) < 4.78 is 19.9. The van der Waals surface area contributed by atoms with Crippen molar-refractivity contribution < 1.29 is 13.9 Å². The van der Waals surface area contributed by atoms with Crippen molar-refractivity contribution >= 4 is 11.6 Å². The Morgan fingerprint density at radius 3 is 2.94 bits per heavy atom. The molecule has 5 nitrogen and oxygen atoms in total. The maximum absolute atomic E-state index is 13.7. The predicted molar refractivity (Wildman–Crippen MR) is 122 cm³/mol. The Morgan fingerprint density at radius 1 is 1.16 bits per heavy atom. The van der Waals surface area contributed by atoms with Crippen molar-refractivity contribution in [1.29, 1.82) is 0 Å². The smallest absolute Gasteiger partial charge is 0.252 e. The number of nitrogens with one attached hydrogen (secondary N) is 2. The summed E-state index contributed by atoms with van der Waals surface area (Å²) in [5.41, 5.74) is 5.21. The number of halogens is 1. The number of ether oxygens (including phenoxy) is 1. The van der Waals surface area contributed by atoms with Gasteiger partial charge >= 0.3 is 0 Å². The highest BCUT2D eigenvalue weighted by atomic mass is 19.1. The molecule has 1 saturated carbocycles. The van der Waals surface area contributed by atoms with Crippen molar-refractivity contribution in [1.82, 2.24) is 10.2 Å². The molecular formula is C26H30FN3O2. The standard InChI is InChI=1S/C26H30FN3O2/c27-19-6-7-23-21(10-19)17(12-28-23)2-1-9-30(14-16-3-4-16)20-11-22-24(32-15-20)8-5-18-13-29-26(31)25(18)22/h5-8,10,16-17,20,28H,1-4,9,11-15H2,(H,29,31). The molecule has 0 aromatic heterocycles. The van der Waals surface area contributed by atoms with E-state index in [9.17, 15) is 9.18 Å². The van der Waals surface area contributed by atoms with Crippen LogP contribution in [0.4, 0.5) is 10.1 Å². The molecule has 2 aromatic rings. The van der Waals surface area contributed by atoms with Gasteiger partial charge in [0, 0.05) is 42.8 Å². The largest absolute Gasteiger partial charge is 0.492 e. The van der Waals surface area contributed by atoms with Gasteiger partial charge in [-0.3, -0.25) is 9.69 Å². The fourth-order valence-corrected chi connectivity index (χ4v) is 5.65. The van der Waals surface area contributed by atoms with Gasteiger partial charge in [0.05, 0.1) is 5.56 Å². The van der Waals surface area contributed by atoms with E-state index in [1.807, 2.05) is 18.2 Å². The maximum atomic E-state index is 13.7. The van der Waals surface area contributed by atoms with E-state index < -0.39 is 0 Å². The lowest BCUT2D eigenvalue weighted by Crippen LogP contribution is -2.45. The molecule has 2 aromatic carbocycles. The lowest BCUT2D eigenvalue weighted by atomic mass is 9.93. The van der Waals surface area contributed by atoms with Crippen LogP contribution in [0.15, 0.2) is 30.3 Å². The molecule has 2 N–H and O–H groups in total. The van der Waals surface area contributed by atoms with Crippen molar-refractivity contribution in [3.63, 3.8) is 0 Å². The number of fused-ring (bicyclic) bond motifs is 4. The predicted octanol–water partition coefficient (Wildman–Crippen LogP) is 4.07. The lowest BCUT2D eigenvalue weighted by Gasteiger charge is -2.36. The molecule has 1 aliphatic carbocycles. The monoisotopic (exact) mass is 435 g/mol. The van der Waals surface area contributed by atoms with Crippen LogP contribution in [-0.2, 0) is 13.0 Å². The first-order valence-electron chi connectivity index (χ1n) is 12.0. The number of benzene rings is 2. The fourth-order valence-electron chi connectivity index (χ4n) is 5.65. The van der Waals surface area contributed by atoms with Crippen LogP contribution in [0, 0.1) is 11.7 Å². The first-order valence-corrected chi connectivity index (χ1v) is 12.0. The highest BCUT2D eigenvalue weighted by Gasteiger charge is 2.34.